The number of ether oxygens (including phenoxy) is 1. The van der Waals surface area contributed by atoms with Gasteiger partial charge in [0.25, 0.3) is 0 Å². The fraction of sp³-hybridized carbons (Fsp3) is 0.333. The predicted molar refractivity (Wildman–Crippen MR) is 164 cm³/mol. The summed E-state index contributed by atoms with van der Waals surface area (Å²) in [5.74, 6) is 0.232. The van der Waals surface area contributed by atoms with Crippen molar-refractivity contribution in [3.05, 3.63) is 88.4 Å². The van der Waals surface area contributed by atoms with Gasteiger partial charge in [-0.2, -0.15) is 0 Å². The molecule has 2 amide bonds. The minimum Gasteiger partial charge on any atom is -0.457 e. The van der Waals surface area contributed by atoms with Crippen molar-refractivity contribution in [2.45, 2.75) is 45.7 Å². The van der Waals surface area contributed by atoms with Crippen molar-refractivity contribution < 1.29 is 22.7 Å². The molecule has 8 nitrogen and oxygen atoms in total. The summed E-state index contributed by atoms with van der Waals surface area (Å²) in [5.41, 5.74) is 0.745. The Morgan fingerprint density at radius 1 is 0.902 bits per heavy atom. The van der Waals surface area contributed by atoms with Gasteiger partial charge in [0.05, 0.1) is 11.9 Å². The van der Waals surface area contributed by atoms with Crippen molar-refractivity contribution in [1.29, 1.82) is 0 Å². The van der Waals surface area contributed by atoms with Gasteiger partial charge in [0.15, 0.2) is 0 Å². The summed E-state index contributed by atoms with van der Waals surface area (Å²) in [4.78, 5) is 28.4. The zero-order valence-electron chi connectivity index (χ0n) is 23.3. The van der Waals surface area contributed by atoms with Crippen LogP contribution >= 0.6 is 23.2 Å². The lowest BCUT2D eigenvalue weighted by molar-refractivity contribution is -0.140. The molecule has 3 aromatic carbocycles. The number of hydrogen-bond donors (Lipinski definition) is 1. The molecule has 0 aromatic heterocycles. The molecule has 0 aliphatic rings. The average molecular weight is 621 g/mol. The minimum atomic E-state index is -3.89. The number of carbonyl (C=O) groups is 2. The zero-order chi connectivity index (χ0) is 30.0. The summed E-state index contributed by atoms with van der Waals surface area (Å²) in [6.45, 7) is 3.67. The van der Waals surface area contributed by atoms with Crippen LogP contribution in [-0.2, 0) is 26.2 Å². The van der Waals surface area contributed by atoms with Crippen molar-refractivity contribution in [2.75, 3.05) is 23.7 Å². The first kappa shape index (κ1) is 32.2. The van der Waals surface area contributed by atoms with E-state index in [0.29, 0.717) is 40.1 Å². The highest BCUT2D eigenvalue weighted by Gasteiger charge is 2.32. The van der Waals surface area contributed by atoms with Gasteiger partial charge < -0.3 is 15.0 Å². The number of rotatable bonds is 14. The maximum atomic E-state index is 13.9. The van der Waals surface area contributed by atoms with Crippen molar-refractivity contribution >= 4 is 50.7 Å². The Morgan fingerprint density at radius 2 is 1.51 bits per heavy atom. The standard InChI is InChI=1S/C30H35Cl2N3O5S/c1-4-6-19-33-30(37)28(5-2)34(20-25-26(31)13-10-14-27(25)32)29(36)21-35(41(3,38)39)22-15-17-24(18-16-22)40-23-11-8-7-9-12-23/h7-18,28H,4-6,19-21H2,1-3H3,(H,33,37). The van der Waals surface area contributed by atoms with Crippen LogP contribution in [0.1, 0.15) is 38.7 Å². The molecule has 0 aliphatic heterocycles. The van der Waals surface area contributed by atoms with Gasteiger partial charge >= 0.3 is 0 Å². The molecule has 11 heteroatoms. The second-order valence-electron chi connectivity index (χ2n) is 9.47. The molecule has 0 saturated heterocycles. The summed E-state index contributed by atoms with van der Waals surface area (Å²) < 4.78 is 32.6. The second-order valence-corrected chi connectivity index (χ2v) is 12.2. The van der Waals surface area contributed by atoms with E-state index in [9.17, 15) is 18.0 Å². The topological polar surface area (TPSA) is 96.0 Å². The Bertz CT molecular complexity index is 1400. The van der Waals surface area contributed by atoms with Gasteiger partial charge in [-0.15, -0.1) is 0 Å². The largest absolute Gasteiger partial charge is 0.457 e. The number of hydrogen-bond acceptors (Lipinski definition) is 5. The Hall–Kier alpha value is -3.27. The Morgan fingerprint density at radius 3 is 2.07 bits per heavy atom. The van der Waals surface area contributed by atoms with E-state index in [-0.39, 0.29) is 18.1 Å². The summed E-state index contributed by atoms with van der Waals surface area (Å²) in [6.07, 6.45) is 3.01. The number of amides is 2. The predicted octanol–water partition coefficient (Wildman–Crippen LogP) is 6.28. The summed E-state index contributed by atoms with van der Waals surface area (Å²) in [6, 6.07) is 19.7. The number of anilines is 1. The van der Waals surface area contributed by atoms with E-state index in [0.717, 1.165) is 23.4 Å². The Kier molecular flexibility index (Phi) is 11.9. The molecule has 1 atom stereocenters. The fourth-order valence-corrected chi connectivity index (χ4v) is 5.56. The molecule has 0 heterocycles. The van der Waals surface area contributed by atoms with Crippen LogP contribution in [0.2, 0.25) is 10.0 Å². The molecule has 3 rings (SSSR count). The van der Waals surface area contributed by atoms with Crippen LogP contribution in [0.4, 0.5) is 5.69 Å². The molecule has 1 unspecified atom stereocenters. The molecule has 3 aromatic rings. The minimum absolute atomic E-state index is 0.0709. The SMILES string of the molecule is CCCCNC(=O)C(CC)N(Cc1c(Cl)cccc1Cl)C(=O)CN(c1ccc(Oc2ccccc2)cc1)S(C)(=O)=O. The lowest BCUT2D eigenvalue weighted by atomic mass is 10.1. The molecular weight excluding hydrogens is 585 g/mol. The molecule has 0 radical (unpaired) electrons. The number of halogens is 2. The van der Waals surface area contributed by atoms with Gasteiger partial charge in [-0.1, -0.05) is 67.7 Å². The molecule has 0 fully saturated rings. The third-order valence-corrected chi connectivity index (χ3v) is 8.24. The van der Waals surface area contributed by atoms with E-state index in [2.05, 4.69) is 5.32 Å². The first-order chi connectivity index (χ1) is 19.5. The average Bonchev–Trinajstić information content (AvgIpc) is 2.93. The van der Waals surface area contributed by atoms with E-state index < -0.39 is 28.5 Å². The van der Waals surface area contributed by atoms with Crippen LogP contribution in [-0.4, -0.2) is 50.5 Å². The smallest absolute Gasteiger partial charge is 0.244 e. The van der Waals surface area contributed by atoms with Crippen LogP contribution in [0.3, 0.4) is 0 Å². The van der Waals surface area contributed by atoms with Crippen LogP contribution in [0, 0.1) is 0 Å². The highest BCUT2D eigenvalue weighted by atomic mass is 35.5. The van der Waals surface area contributed by atoms with E-state index in [1.807, 2.05) is 25.1 Å². The molecule has 0 aliphatic carbocycles. The monoisotopic (exact) mass is 619 g/mol. The first-order valence-corrected chi connectivity index (χ1v) is 16.0. The Labute approximate surface area is 252 Å². The normalized spacial score (nSPS) is 11.9. The molecule has 0 bridgehead atoms. The van der Waals surface area contributed by atoms with E-state index >= 15 is 0 Å². The van der Waals surface area contributed by atoms with Crippen LogP contribution in [0.5, 0.6) is 11.5 Å². The van der Waals surface area contributed by atoms with Crippen LogP contribution in [0.25, 0.3) is 0 Å². The van der Waals surface area contributed by atoms with Crippen molar-refractivity contribution in [3.63, 3.8) is 0 Å². The van der Waals surface area contributed by atoms with Gasteiger partial charge in [-0.3, -0.25) is 13.9 Å². The summed E-state index contributed by atoms with van der Waals surface area (Å²) in [5, 5.41) is 3.56. The zero-order valence-corrected chi connectivity index (χ0v) is 25.7. The quantitative estimate of drug-likeness (QED) is 0.214. The van der Waals surface area contributed by atoms with Gasteiger partial charge in [0.2, 0.25) is 21.8 Å². The number of para-hydroxylation sites is 1. The first-order valence-electron chi connectivity index (χ1n) is 13.4. The number of carbonyl (C=O) groups excluding carboxylic acids is 2. The number of unbranched alkanes of at least 4 members (excludes halogenated alkanes) is 1. The maximum Gasteiger partial charge on any atom is 0.244 e. The summed E-state index contributed by atoms with van der Waals surface area (Å²) in [7, 11) is -3.89. The molecule has 220 valence electrons. The third kappa shape index (κ3) is 9.11. The van der Waals surface area contributed by atoms with Gasteiger partial charge in [0.1, 0.15) is 24.1 Å². The van der Waals surface area contributed by atoms with Gasteiger partial charge in [-0.05, 0) is 61.4 Å². The Balaban J connectivity index is 1.91. The highest BCUT2D eigenvalue weighted by molar-refractivity contribution is 7.92. The maximum absolute atomic E-state index is 13.9. The highest BCUT2D eigenvalue weighted by Crippen LogP contribution is 2.29. The number of nitrogens with one attached hydrogen (secondary N) is 1. The molecule has 41 heavy (non-hydrogen) atoms. The lowest BCUT2D eigenvalue weighted by Crippen LogP contribution is -2.52. The molecule has 0 saturated carbocycles. The van der Waals surface area contributed by atoms with Crippen LogP contribution < -0.4 is 14.4 Å². The van der Waals surface area contributed by atoms with Gasteiger partial charge in [-0.25, -0.2) is 8.42 Å². The third-order valence-electron chi connectivity index (χ3n) is 6.39. The van der Waals surface area contributed by atoms with Gasteiger partial charge in [0, 0.05) is 28.7 Å². The number of sulfonamides is 1. The van der Waals surface area contributed by atoms with Crippen LogP contribution in [0.15, 0.2) is 72.8 Å². The van der Waals surface area contributed by atoms with Crippen molar-refractivity contribution in [2.24, 2.45) is 0 Å². The second kappa shape index (κ2) is 15.1. The lowest BCUT2D eigenvalue weighted by Gasteiger charge is -2.33. The van der Waals surface area contributed by atoms with E-state index in [1.54, 1.807) is 61.5 Å². The molecule has 0 spiro atoms. The van der Waals surface area contributed by atoms with Crippen molar-refractivity contribution in [1.82, 2.24) is 10.2 Å². The molecule has 1 N–H and O–H groups in total. The van der Waals surface area contributed by atoms with Crippen molar-refractivity contribution in [3.8, 4) is 11.5 Å². The molecular formula is C30H35Cl2N3O5S. The summed E-state index contributed by atoms with van der Waals surface area (Å²) >= 11 is 12.8. The van der Waals surface area contributed by atoms with E-state index in [4.69, 9.17) is 27.9 Å². The number of nitrogens with zero attached hydrogens (tertiary/aromatic N) is 2. The fourth-order valence-electron chi connectivity index (χ4n) is 4.20. The number of benzene rings is 3. The van der Waals surface area contributed by atoms with E-state index in [1.165, 1.54) is 4.90 Å².